The quantitative estimate of drug-likeness (QED) is 0.0797. The molecule has 0 aliphatic rings. The summed E-state index contributed by atoms with van der Waals surface area (Å²) in [6.07, 6.45) is 0. The molecule has 0 spiro atoms. The zero-order valence-corrected chi connectivity index (χ0v) is 45.1. The number of hydrogen-bond donors (Lipinski definition) is 10. The largest absolute Gasteiger partial charge is 0.382 e. The molecule has 10 rings (SSSR count). The van der Waals surface area contributed by atoms with Gasteiger partial charge in [0.1, 0.15) is 34.3 Å². The first-order chi connectivity index (χ1) is 37.5. The Hall–Kier alpha value is -9.76. The second-order valence-electron chi connectivity index (χ2n) is 16.3. The third-order valence-electron chi connectivity index (χ3n) is 10.5. The number of nitrogen functional groups attached to an aromatic ring is 10. The van der Waals surface area contributed by atoms with Gasteiger partial charge in [-0.25, -0.2) is 4.39 Å². The van der Waals surface area contributed by atoms with Gasteiger partial charge in [-0.3, -0.25) is 0 Å². The number of halogens is 5. The predicted octanol–water partition coefficient (Wildman–Crippen LogP) is 7.50. The van der Waals surface area contributed by atoms with Crippen molar-refractivity contribution in [3.8, 4) is 56.3 Å². The van der Waals surface area contributed by atoms with Crippen LogP contribution in [0.3, 0.4) is 0 Å². The van der Waals surface area contributed by atoms with Crippen molar-refractivity contribution < 1.29 is 4.39 Å². The average molecular weight is 1150 g/mol. The molecule has 5 aromatic heterocycles. The Morgan fingerprint density at radius 3 is 1.09 bits per heavy atom. The summed E-state index contributed by atoms with van der Waals surface area (Å²) in [5.74, 6) is 0.601. The number of nitrogens with zero attached hydrogens (tertiary/aromatic N) is 15. The lowest BCUT2D eigenvalue weighted by atomic mass is 10.1. The molecule has 30 heteroatoms. The highest BCUT2D eigenvalue weighted by Gasteiger charge is 2.18. The number of hydrogen-bond acceptors (Lipinski definition) is 25. The maximum absolute atomic E-state index is 13.5. The topological polar surface area (TPSA) is 454 Å². The number of aromatic nitrogens is 15. The van der Waals surface area contributed by atoms with Crippen LogP contribution in [0.1, 0.15) is 22.3 Å². The Morgan fingerprint density at radius 2 is 0.696 bits per heavy atom. The van der Waals surface area contributed by atoms with Crippen molar-refractivity contribution in [1.29, 1.82) is 0 Å². The Kier molecular flexibility index (Phi) is 19.5. The van der Waals surface area contributed by atoms with E-state index in [1.165, 1.54) is 18.2 Å². The highest BCUT2D eigenvalue weighted by atomic mass is 35.5. The molecule has 404 valence electrons. The molecule has 0 saturated carbocycles. The fraction of sp³-hybridized carbons (Fsp3) is 0.0816. The van der Waals surface area contributed by atoms with Gasteiger partial charge in [0, 0.05) is 22.3 Å². The van der Waals surface area contributed by atoms with Crippen molar-refractivity contribution in [3.63, 3.8) is 0 Å². The van der Waals surface area contributed by atoms with Crippen LogP contribution < -0.4 is 57.3 Å². The van der Waals surface area contributed by atoms with Crippen LogP contribution >= 0.6 is 46.4 Å². The molecule has 10 aromatic rings. The summed E-state index contributed by atoms with van der Waals surface area (Å²) >= 11 is 24.0. The highest BCUT2D eigenvalue weighted by Crippen LogP contribution is 2.36. The van der Waals surface area contributed by atoms with Gasteiger partial charge in [-0.2, -0.15) is 24.9 Å². The third kappa shape index (κ3) is 15.2. The minimum absolute atomic E-state index is 0.0144. The average Bonchev–Trinajstić information content (AvgIpc) is 3.38. The van der Waals surface area contributed by atoms with E-state index in [-0.39, 0.29) is 63.5 Å². The molecule has 25 nitrogen and oxygen atoms in total. The summed E-state index contributed by atoms with van der Waals surface area (Å²) in [5, 5.41) is 39.1. The maximum atomic E-state index is 13.5. The van der Waals surface area contributed by atoms with Crippen LogP contribution in [0.25, 0.3) is 56.3 Å². The molecular formula is C49H48Cl4FN25. The number of rotatable bonds is 5. The third-order valence-corrected chi connectivity index (χ3v) is 11.9. The van der Waals surface area contributed by atoms with Gasteiger partial charge in [0.15, 0.2) is 29.1 Å². The fourth-order valence-electron chi connectivity index (χ4n) is 6.82. The summed E-state index contributed by atoms with van der Waals surface area (Å²) in [7, 11) is 0. The first-order valence-electron chi connectivity index (χ1n) is 22.6. The van der Waals surface area contributed by atoms with Crippen molar-refractivity contribution in [3.05, 3.63) is 145 Å². The molecule has 0 saturated heterocycles. The summed E-state index contributed by atoms with van der Waals surface area (Å²) in [6, 6.07) is 28.9. The maximum Gasteiger partial charge on any atom is 0.242 e. The van der Waals surface area contributed by atoms with Crippen molar-refractivity contribution in [2.45, 2.75) is 27.7 Å². The van der Waals surface area contributed by atoms with E-state index in [2.05, 4.69) is 75.9 Å². The second-order valence-corrected chi connectivity index (χ2v) is 17.9. The van der Waals surface area contributed by atoms with Gasteiger partial charge in [0.25, 0.3) is 0 Å². The monoisotopic (exact) mass is 1150 g/mol. The lowest BCUT2D eigenvalue weighted by molar-refractivity contribution is 0.630. The van der Waals surface area contributed by atoms with E-state index in [1.54, 1.807) is 12.1 Å². The van der Waals surface area contributed by atoms with Gasteiger partial charge in [0.05, 0.1) is 25.7 Å². The summed E-state index contributed by atoms with van der Waals surface area (Å²) in [5.41, 5.74) is 64.7. The molecule has 0 fully saturated rings. The Morgan fingerprint density at radius 1 is 0.329 bits per heavy atom. The Bertz CT molecular complexity index is 3690. The highest BCUT2D eigenvalue weighted by molar-refractivity contribution is 6.43. The normalized spacial score (nSPS) is 10.3. The van der Waals surface area contributed by atoms with Gasteiger partial charge in [-0.15, -0.1) is 51.0 Å². The SMILES string of the molecule is Cc1cc(Cl)c(Cl)c(-c2nnc(N)nc2N)c1.Cc1ccc(Cl)c(-c2nnc(N)nc2N)c1.Cc1ccccc1-c1nnc(N)nc1N.Cc1ccccc1-c1nnc(N)nc1N.Nc1nnc(-c2c(F)cccc2Cl)c(N)n1. The lowest BCUT2D eigenvalue weighted by Gasteiger charge is -2.08. The van der Waals surface area contributed by atoms with Gasteiger partial charge in [-0.05, 0) is 80.8 Å². The molecule has 0 aliphatic carbocycles. The van der Waals surface area contributed by atoms with E-state index in [4.69, 9.17) is 104 Å². The molecule has 5 aromatic carbocycles. The van der Waals surface area contributed by atoms with Gasteiger partial charge < -0.3 is 57.3 Å². The van der Waals surface area contributed by atoms with Crippen LogP contribution in [0.15, 0.2) is 97.1 Å². The van der Waals surface area contributed by atoms with Crippen LogP contribution in [0.4, 0.5) is 63.2 Å². The Labute approximate surface area is 469 Å². The number of benzene rings is 5. The van der Waals surface area contributed by atoms with Crippen molar-refractivity contribution in [2.24, 2.45) is 0 Å². The van der Waals surface area contributed by atoms with Crippen LogP contribution in [0.2, 0.25) is 20.1 Å². The number of aryl methyl sites for hydroxylation is 4. The smallest absolute Gasteiger partial charge is 0.242 e. The summed E-state index contributed by atoms with van der Waals surface area (Å²) < 4.78 is 13.5. The van der Waals surface area contributed by atoms with E-state index in [0.29, 0.717) is 60.6 Å². The van der Waals surface area contributed by atoms with E-state index < -0.39 is 5.82 Å². The van der Waals surface area contributed by atoms with Crippen molar-refractivity contribution in [1.82, 2.24) is 75.9 Å². The molecule has 0 radical (unpaired) electrons. The van der Waals surface area contributed by atoms with E-state index >= 15 is 0 Å². The standard InChI is InChI=1S/C10H9Cl2N5.C10H10ClN5.2C10H11N5.C9H7ClFN5/c1-4-2-5(7(12)6(11)3-4)8-9(13)15-10(14)17-16-8;1-5-2-3-7(11)6(4-5)8-9(12)14-10(13)16-15-8;2*1-6-4-2-3-5-7(6)8-9(11)13-10(12)15-14-8;10-4-2-1-3-5(11)6(4)7-8(12)14-9(13)16-15-7/h2-3H,1H3,(H4,13,14,15,17);2-4H,1H3,(H4,12,13,14,16);2*2-5H,1H3,(H4,11,12,13,15);1-3H,(H4,12,13,14,16). The zero-order valence-electron chi connectivity index (χ0n) is 42.1. The molecule has 5 heterocycles. The van der Waals surface area contributed by atoms with Crippen LogP contribution in [0.5, 0.6) is 0 Å². The molecule has 0 bridgehead atoms. The predicted molar refractivity (Wildman–Crippen MR) is 309 cm³/mol. The van der Waals surface area contributed by atoms with Gasteiger partial charge >= 0.3 is 0 Å². The minimum Gasteiger partial charge on any atom is -0.382 e. The minimum atomic E-state index is -0.542. The molecular weight excluding hydrogens is 1100 g/mol. The van der Waals surface area contributed by atoms with E-state index in [9.17, 15) is 4.39 Å². The molecule has 79 heavy (non-hydrogen) atoms. The first kappa shape index (κ1) is 58.5. The van der Waals surface area contributed by atoms with Gasteiger partial charge in [-0.1, -0.05) is 113 Å². The zero-order chi connectivity index (χ0) is 57.7. The lowest BCUT2D eigenvalue weighted by Crippen LogP contribution is -2.05. The van der Waals surface area contributed by atoms with Crippen LogP contribution in [-0.2, 0) is 0 Å². The summed E-state index contributed by atoms with van der Waals surface area (Å²) in [4.78, 5) is 19.1. The van der Waals surface area contributed by atoms with E-state index in [0.717, 1.165) is 33.4 Å². The molecule has 20 N–H and O–H groups in total. The molecule has 0 amide bonds. The van der Waals surface area contributed by atoms with Crippen molar-refractivity contribution >= 4 is 105 Å². The summed E-state index contributed by atoms with van der Waals surface area (Å²) in [6.45, 7) is 7.80. The van der Waals surface area contributed by atoms with Gasteiger partial charge in [0.2, 0.25) is 29.7 Å². The molecule has 0 unspecified atom stereocenters. The fourth-order valence-corrected chi connectivity index (χ4v) is 7.75. The molecule has 0 atom stereocenters. The van der Waals surface area contributed by atoms with Crippen LogP contribution in [-0.4, -0.2) is 75.9 Å². The number of nitrogens with two attached hydrogens (primary N) is 10. The van der Waals surface area contributed by atoms with Crippen molar-refractivity contribution in [2.75, 3.05) is 57.3 Å². The number of anilines is 10. The first-order valence-corrected chi connectivity index (χ1v) is 24.1. The van der Waals surface area contributed by atoms with E-state index in [1.807, 2.05) is 94.4 Å². The second kappa shape index (κ2) is 26.3. The molecule has 0 aliphatic heterocycles. The Balaban J connectivity index is 0.000000160. The van der Waals surface area contributed by atoms with Crippen LogP contribution in [0, 0.1) is 33.5 Å².